The number of hydrogen-bond acceptors (Lipinski definition) is 1. The second-order valence-corrected chi connectivity index (χ2v) is 6.62. The number of hydrogen-bond donors (Lipinski definition) is 1. The molecule has 0 aliphatic rings. The Kier molecular flexibility index (Phi) is 10.8. The van der Waals surface area contributed by atoms with Crippen LogP contribution in [0, 0.1) is 23.7 Å². The van der Waals surface area contributed by atoms with E-state index in [1.807, 2.05) is 0 Å². The molecular formula is C17H36O. The van der Waals surface area contributed by atoms with Crippen molar-refractivity contribution in [2.24, 2.45) is 23.7 Å². The van der Waals surface area contributed by atoms with E-state index in [1.165, 1.54) is 44.9 Å². The molecule has 0 spiro atoms. The van der Waals surface area contributed by atoms with Gasteiger partial charge < -0.3 is 5.11 Å². The molecule has 1 nitrogen and oxygen atoms in total. The second kappa shape index (κ2) is 10.8. The molecule has 0 aromatic heterocycles. The normalized spacial score (nSPS) is 15.3. The lowest BCUT2D eigenvalue weighted by Crippen LogP contribution is -2.15. The van der Waals surface area contributed by atoms with Crippen molar-refractivity contribution in [3.8, 4) is 0 Å². The molecule has 0 aliphatic carbocycles. The number of aliphatic hydroxyl groups is 1. The maximum Gasteiger partial charge on any atom is 0.0461 e. The molecule has 0 heterocycles. The van der Waals surface area contributed by atoms with Crippen molar-refractivity contribution < 1.29 is 5.11 Å². The fraction of sp³-hybridized carbons (Fsp3) is 1.00. The molecule has 18 heavy (non-hydrogen) atoms. The van der Waals surface area contributed by atoms with E-state index in [0.29, 0.717) is 18.4 Å². The fourth-order valence-electron chi connectivity index (χ4n) is 2.75. The monoisotopic (exact) mass is 256 g/mol. The van der Waals surface area contributed by atoms with Crippen LogP contribution in [0.3, 0.4) is 0 Å². The first kappa shape index (κ1) is 18.0. The molecule has 2 atom stereocenters. The Bertz CT molecular complexity index is 174. The lowest BCUT2D eigenvalue weighted by molar-refractivity contribution is 0.173. The summed E-state index contributed by atoms with van der Waals surface area (Å²) in [4.78, 5) is 0. The standard InChI is InChI=1S/C17H36O/c1-6-7-8-10-16(14(2)3)11-9-12-17(13-18)15(4)5/h14-18H,6-13H2,1-5H3. The third-order valence-corrected chi connectivity index (χ3v) is 4.45. The summed E-state index contributed by atoms with van der Waals surface area (Å²) >= 11 is 0. The lowest BCUT2D eigenvalue weighted by atomic mass is 9.83. The molecule has 1 heteroatoms. The van der Waals surface area contributed by atoms with Gasteiger partial charge in [-0.1, -0.05) is 73.1 Å². The van der Waals surface area contributed by atoms with Crippen LogP contribution in [0.15, 0.2) is 0 Å². The predicted octanol–water partition coefficient (Wildman–Crippen LogP) is 5.27. The van der Waals surface area contributed by atoms with Gasteiger partial charge in [-0.3, -0.25) is 0 Å². The molecule has 2 unspecified atom stereocenters. The molecule has 0 bridgehead atoms. The van der Waals surface area contributed by atoms with E-state index < -0.39 is 0 Å². The van der Waals surface area contributed by atoms with Gasteiger partial charge in [-0.2, -0.15) is 0 Å². The van der Waals surface area contributed by atoms with Crippen molar-refractivity contribution >= 4 is 0 Å². The van der Waals surface area contributed by atoms with E-state index in [9.17, 15) is 5.11 Å². The average molecular weight is 256 g/mol. The summed E-state index contributed by atoms with van der Waals surface area (Å²) in [5.74, 6) is 2.83. The highest BCUT2D eigenvalue weighted by atomic mass is 16.3. The maximum atomic E-state index is 9.34. The van der Waals surface area contributed by atoms with Gasteiger partial charge in [0.15, 0.2) is 0 Å². The molecule has 0 rings (SSSR count). The van der Waals surface area contributed by atoms with Crippen molar-refractivity contribution in [1.29, 1.82) is 0 Å². The van der Waals surface area contributed by atoms with Crippen LogP contribution in [-0.2, 0) is 0 Å². The van der Waals surface area contributed by atoms with Crippen molar-refractivity contribution in [2.45, 2.75) is 79.6 Å². The third kappa shape index (κ3) is 8.13. The Balaban J connectivity index is 3.88. The van der Waals surface area contributed by atoms with Gasteiger partial charge >= 0.3 is 0 Å². The number of rotatable bonds is 11. The van der Waals surface area contributed by atoms with Gasteiger partial charge in [0.2, 0.25) is 0 Å². The van der Waals surface area contributed by atoms with Crippen LogP contribution < -0.4 is 0 Å². The van der Waals surface area contributed by atoms with E-state index >= 15 is 0 Å². The van der Waals surface area contributed by atoms with Crippen molar-refractivity contribution in [1.82, 2.24) is 0 Å². The highest BCUT2D eigenvalue weighted by Gasteiger charge is 2.16. The minimum absolute atomic E-state index is 0.361. The summed E-state index contributed by atoms with van der Waals surface area (Å²) in [6.45, 7) is 11.8. The Labute approximate surface area is 115 Å². The third-order valence-electron chi connectivity index (χ3n) is 4.45. The Morgan fingerprint density at radius 2 is 1.22 bits per heavy atom. The zero-order valence-electron chi connectivity index (χ0n) is 13.4. The number of aliphatic hydroxyl groups excluding tert-OH is 1. The Morgan fingerprint density at radius 1 is 0.722 bits per heavy atom. The first-order valence-corrected chi connectivity index (χ1v) is 8.13. The maximum absolute atomic E-state index is 9.34. The number of unbranched alkanes of at least 4 members (excludes halogenated alkanes) is 2. The molecule has 0 saturated heterocycles. The quantitative estimate of drug-likeness (QED) is 0.499. The van der Waals surface area contributed by atoms with Crippen molar-refractivity contribution in [3.05, 3.63) is 0 Å². The van der Waals surface area contributed by atoms with Crippen LogP contribution in [0.2, 0.25) is 0 Å². The highest BCUT2D eigenvalue weighted by Crippen LogP contribution is 2.26. The zero-order chi connectivity index (χ0) is 14.0. The minimum Gasteiger partial charge on any atom is -0.396 e. The zero-order valence-corrected chi connectivity index (χ0v) is 13.4. The first-order valence-electron chi connectivity index (χ1n) is 8.13. The van der Waals surface area contributed by atoms with Crippen LogP contribution in [0.4, 0.5) is 0 Å². The first-order chi connectivity index (χ1) is 8.52. The SMILES string of the molecule is CCCCCC(CCCC(CO)C(C)C)C(C)C. The average Bonchev–Trinajstić information content (AvgIpc) is 2.31. The van der Waals surface area contributed by atoms with Gasteiger partial charge in [0, 0.05) is 6.61 Å². The van der Waals surface area contributed by atoms with E-state index in [4.69, 9.17) is 0 Å². The molecule has 0 radical (unpaired) electrons. The largest absolute Gasteiger partial charge is 0.396 e. The fourth-order valence-corrected chi connectivity index (χ4v) is 2.75. The predicted molar refractivity (Wildman–Crippen MR) is 81.7 cm³/mol. The second-order valence-electron chi connectivity index (χ2n) is 6.62. The smallest absolute Gasteiger partial charge is 0.0461 e. The van der Waals surface area contributed by atoms with Crippen LogP contribution in [0.25, 0.3) is 0 Å². The summed E-state index contributed by atoms with van der Waals surface area (Å²) < 4.78 is 0. The minimum atomic E-state index is 0.361. The van der Waals surface area contributed by atoms with E-state index in [-0.39, 0.29) is 0 Å². The Hall–Kier alpha value is -0.0400. The molecule has 0 aliphatic heterocycles. The molecule has 1 N–H and O–H groups in total. The molecule has 0 aromatic rings. The van der Waals surface area contributed by atoms with Gasteiger partial charge in [-0.15, -0.1) is 0 Å². The van der Waals surface area contributed by atoms with Crippen LogP contribution in [0.5, 0.6) is 0 Å². The van der Waals surface area contributed by atoms with Gasteiger partial charge in [-0.25, -0.2) is 0 Å². The van der Waals surface area contributed by atoms with Gasteiger partial charge in [0.05, 0.1) is 0 Å². The summed E-state index contributed by atoms with van der Waals surface area (Å²) in [5, 5.41) is 9.34. The molecule has 0 amide bonds. The molecule has 0 fully saturated rings. The van der Waals surface area contributed by atoms with Crippen molar-refractivity contribution in [2.75, 3.05) is 6.61 Å². The Morgan fingerprint density at radius 3 is 1.67 bits per heavy atom. The summed E-state index contributed by atoms with van der Waals surface area (Å²) in [5.41, 5.74) is 0. The highest BCUT2D eigenvalue weighted by molar-refractivity contribution is 4.67. The van der Waals surface area contributed by atoms with Crippen molar-refractivity contribution in [3.63, 3.8) is 0 Å². The topological polar surface area (TPSA) is 20.2 Å². The van der Waals surface area contributed by atoms with Crippen LogP contribution in [-0.4, -0.2) is 11.7 Å². The molecular weight excluding hydrogens is 220 g/mol. The van der Waals surface area contributed by atoms with E-state index in [0.717, 1.165) is 11.8 Å². The molecule has 110 valence electrons. The van der Waals surface area contributed by atoms with E-state index in [2.05, 4.69) is 34.6 Å². The lowest BCUT2D eigenvalue weighted by Gasteiger charge is -2.23. The summed E-state index contributed by atoms with van der Waals surface area (Å²) in [6, 6.07) is 0. The van der Waals surface area contributed by atoms with Crippen LogP contribution in [0.1, 0.15) is 79.6 Å². The molecule has 0 saturated carbocycles. The summed E-state index contributed by atoms with van der Waals surface area (Å²) in [7, 11) is 0. The molecule has 0 aromatic carbocycles. The summed E-state index contributed by atoms with van der Waals surface area (Å²) in [6.07, 6.45) is 9.34. The van der Waals surface area contributed by atoms with Gasteiger partial charge in [0.1, 0.15) is 0 Å². The van der Waals surface area contributed by atoms with Gasteiger partial charge in [-0.05, 0) is 30.1 Å². The van der Waals surface area contributed by atoms with Crippen LogP contribution >= 0.6 is 0 Å². The van der Waals surface area contributed by atoms with E-state index in [1.54, 1.807) is 0 Å². The van der Waals surface area contributed by atoms with Gasteiger partial charge in [0.25, 0.3) is 0 Å².